The van der Waals surface area contributed by atoms with Crippen LogP contribution in [0.3, 0.4) is 0 Å². The second-order valence-electron chi connectivity index (χ2n) is 8.58. The summed E-state index contributed by atoms with van der Waals surface area (Å²) < 4.78 is 22.4. The average molecular weight is 449 g/mol. The number of fused-ring (bicyclic) bond motifs is 3. The summed E-state index contributed by atoms with van der Waals surface area (Å²) >= 11 is 0. The number of hydrogen-bond donors (Lipinski definition) is 3. The van der Waals surface area contributed by atoms with Crippen molar-refractivity contribution in [3.8, 4) is 5.75 Å². The fraction of sp³-hybridized carbons (Fsp3) is 0.652. The lowest BCUT2D eigenvalue weighted by Crippen LogP contribution is -2.47. The molecule has 32 heavy (non-hydrogen) atoms. The zero-order valence-electron chi connectivity index (χ0n) is 18.4. The van der Waals surface area contributed by atoms with E-state index in [0.717, 1.165) is 29.8 Å². The molecule has 176 valence electrons. The minimum absolute atomic E-state index is 0.00883. The first-order valence-corrected chi connectivity index (χ1v) is 11.3. The molecule has 3 aliphatic heterocycles. The zero-order valence-corrected chi connectivity index (χ0v) is 18.4. The Morgan fingerprint density at radius 3 is 2.81 bits per heavy atom. The Morgan fingerprint density at radius 1 is 1.25 bits per heavy atom. The van der Waals surface area contributed by atoms with E-state index in [4.69, 9.17) is 18.9 Å². The van der Waals surface area contributed by atoms with Gasteiger partial charge < -0.3 is 34.7 Å². The smallest absolute Gasteiger partial charge is 0.227 e. The third kappa shape index (κ3) is 5.23. The fourth-order valence-electron chi connectivity index (χ4n) is 4.74. The molecule has 0 unspecified atom stereocenters. The molecule has 2 amide bonds. The summed E-state index contributed by atoms with van der Waals surface area (Å²) in [5.41, 5.74) is 1.71. The Bertz CT molecular complexity index is 812. The molecule has 0 aliphatic carbocycles. The lowest BCUT2D eigenvalue weighted by molar-refractivity contribution is -0.142. The first kappa shape index (κ1) is 23.0. The highest BCUT2D eigenvalue weighted by Gasteiger charge is 2.46. The van der Waals surface area contributed by atoms with E-state index >= 15 is 0 Å². The van der Waals surface area contributed by atoms with Crippen LogP contribution in [-0.4, -0.2) is 75.3 Å². The number of methoxy groups -OCH3 is 1. The van der Waals surface area contributed by atoms with Gasteiger partial charge in [-0.25, -0.2) is 0 Å². The summed E-state index contributed by atoms with van der Waals surface area (Å²) in [5, 5.41) is 15.7. The normalized spacial score (nSPS) is 27.2. The van der Waals surface area contributed by atoms with Crippen LogP contribution in [0.15, 0.2) is 18.2 Å². The molecule has 3 aliphatic rings. The van der Waals surface area contributed by atoms with Crippen molar-refractivity contribution in [1.29, 1.82) is 0 Å². The van der Waals surface area contributed by atoms with Crippen LogP contribution in [0, 0.1) is 5.92 Å². The van der Waals surface area contributed by atoms with Crippen LogP contribution in [-0.2, 0) is 23.8 Å². The van der Waals surface area contributed by atoms with Gasteiger partial charge in [0, 0.05) is 50.0 Å². The van der Waals surface area contributed by atoms with Gasteiger partial charge in [0.15, 0.2) is 0 Å². The topological polar surface area (TPSA) is 115 Å². The molecule has 0 spiro atoms. The molecule has 9 nitrogen and oxygen atoms in total. The minimum Gasteiger partial charge on any atom is -0.487 e. The number of carbonyl (C=O) groups excluding carboxylic acids is 2. The number of benzene rings is 1. The summed E-state index contributed by atoms with van der Waals surface area (Å²) in [6.45, 7) is 1.93. The third-order valence-corrected chi connectivity index (χ3v) is 6.40. The fourth-order valence-corrected chi connectivity index (χ4v) is 4.74. The van der Waals surface area contributed by atoms with E-state index in [1.807, 2.05) is 18.2 Å². The van der Waals surface area contributed by atoms with Crippen LogP contribution < -0.4 is 15.4 Å². The SMILES string of the molecule is COCCNC(=O)C[C@H]1C[C@@H]2c3cc(NC(=O)C4CCOCC4)ccc3O[C@@H]2[C@H](CO)O1. The van der Waals surface area contributed by atoms with E-state index < -0.39 is 6.10 Å². The van der Waals surface area contributed by atoms with Crippen LogP contribution in [0.25, 0.3) is 0 Å². The molecule has 4 rings (SSSR count). The van der Waals surface area contributed by atoms with Gasteiger partial charge in [-0.15, -0.1) is 0 Å². The van der Waals surface area contributed by atoms with Crippen molar-refractivity contribution in [1.82, 2.24) is 5.32 Å². The van der Waals surface area contributed by atoms with E-state index in [9.17, 15) is 14.7 Å². The van der Waals surface area contributed by atoms with Gasteiger partial charge in [0.1, 0.15) is 18.0 Å². The summed E-state index contributed by atoms with van der Waals surface area (Å²) in [7, 11) is 1.58. The largest absolute Gasteiger partial charge is 0.487 e. The molecule has 3 heterocycles. The Labute approximate surface area is 187 Å². The quantitative estimate of drug-likeness (QED) is 0.512. The maximum atomic E-state index is 12.6. The van der Waals surface area contributed by atoms with E-state index in [1.165, 1.54) is 0 Å². The van der Waals surface area contributed by atoms with Crippen molar-refractivity contribution in [2.75, 3.05) is 45.4 Å². The van der Waals surface area contributed by atoms with E-state index in [-0.39, 0.29) is 48.9 Å². The van der Waals surface area contributed by atoms with Crippen molar-refractivity contribution in [3.63, 3.8) is 0 Å². The van der Waals surface area contributed by atoms with Gasteiger partial charge in [0.2, 0.25) is 11.8 Å². The predicted molar refractivity (Wildman–Crippen MR) is 116 cm³/mol. The zero-order chi connectivity index (χ0) is 22.5. The van der Waals surface area contributed by atoms with Crippen molar-refractivity contribution >= 4 is 17.5 Å². The highest BCUT2D eigenvalue weighted by Crippen LogP contribution is 2.47. The Balaban J connectivity index is 1.43. The van der Waals surface area contributed by atoms with E-state index in [0.29, 0.717) is 32.8 Å². The highest BCUT2D eigenvalue weighted by molar-refractivity contribution is 5.92. The monoisotopic (exact) mass is 448 g/mol. The second-order valence-corrected chi connectivity index (χ2v) is 8.58. The van der Waals surface area contributed by atoms with Crippen LogP contribution >= 0.6 is 0 Å². The summed E-state index contributed by atoms with van der Waals surface area (Å²) in [6, 6.07) is 5.64. The lowest BCUT2D eigenvalue weighted by atomic mass is 9.84. The van der Waals surface area contributed by atoms with Gasteiger partial charge in [-0.1, -0.05) is 0 Å². The Morgan fingerprint density at radius 2 is 2.06 bits per heavy atom. The molecule has 1 aromatic rings. The third-order valence-electron chi connectivity index (χ3n) is 6.40. The van der Waals surface area contributed by atoms with Crippen LogP contribution in [0.2, 0.25) is 0 Å². The number of hydrogen-bond acceptors (Lipinski definition) is 7. The van der Waals surface area contributed by atoms with Crippen molar-refractivity contribution in [3.05, 3.63) is 23.8 Å². The van der Waals surface area contributed by atoms with E-state index in [2.05, 4.69) is 10.6 Å². The van der Waals surface area contributed by atoms with Crippen LogP contribution in [0.4, 0.5) is 5.69 Å². The molecule has 1 aromatic carbocycles. The molecule has 2 fully saturated rings. The predicted octanol–water partition coefficient (Wildman–Crippen LogP) is 1.20. The second kappa shape index (κ2) is 10.6. The number of aliphatic hydroxyl groups is 1. The Kier molecular flexibility index (Phi) is 7.62. The maximum Gasteiger partial charge on any atom is 0.227 e. The molecule has 0 aromatic heterocycles. The van der Waals surface area contributed by atoms with Crippen LogP contribution in [0.1, 0.15) is 37.2 Å². The van der Waals surface area contributed by atoms with Crippen molar-refractivity contribution < 1.29 is 33.6 Å². The van der Waals surface area contributed by atoms with Crippen molar-refractivity contribution in [2.45, 2.75) is 49.9 Å². The number of nitrogens with one attached hydrogen (secondary N) is 2. The first-order valence-electron chi connectivity index (χ1n) is 11.3. The van der Waals surface area contributed by atoms with Gasteiger partial charge in [0.05, 0.1) is 25.7 Å². The van der Waals surface area contributed by atoms with Gasteiger partial charge in [-0.3, -0.25) is 9.59 Å². The van der Waals surface area contributed by atoms with E-state index in [1.54, 1.807) is 7.11 Å². The molecule has 2 saturated heterocycles. The molecule has 4 atom stereocenters. The highest BCUT2D eigenvalue weighted by atomic mass is 16.6. The van der Waals surface area contributed by atoms with Gasteiger partial charge in [0.25, 0.3) is 0 Å². The standard InChI is InChI=1S/C23H32N2O7/c1-29-9-6-24-21(27)12-16-11-18-17-10-15(25-23(28)14-4-7-30-8-5-14)2-3-19(17)32-22(18)20(13-26)31-16/h2-3,10,14,16,18,20,22,26H,4-9,11-13H2,1H3,(H,24,27)(H,25,28)/t16-,18-,20+,22+/m1/s1. The summed E-state index contributed by atoms with van der Waals surface area (Å²) in [4.78, 5) is 24.9. The van der Waals surface area contributed by atoms with Gasteiger partial charge in [-0.2, -0.15) is 0 Å². The first-order chi connectivity index (χ1) is 15.6. The molecule has 0 saturated carbocycles. The lowest BCUT2D eigenvalue weighted by Gasteiger charge is -2.37. The summed E-state index contributed by atoms with van der Waals surface area (Å²) in [6.07, 6.45) is 1.11. The van der Waals surface area contributed by atoms with Gasteiger partial charge >= 0.3 is 0 Å². The molecular weight excluding hydrogens is 416 g/mol. The number of aliphatic hydroxyl groups excluding tert-OH is 1. The van der Waals surface area contributed by atoms with Gasteiger partial charge in [-0.05, 0) is 37.5 Å². The number of rotatable bonds is 8. The summed E-state index contributed by atoms with van der Waals surface area (Å²) in [5.74, 6) is 0.570. The maximum absolute atomic E-state index is 12.6. The van der Waals surface area contributed by atoms with Crippen molar-refractivity contribution in [2.24, 2.45) is 5.92 Å². The molecule has 9 heteroatoms. The average Bonchev–Trinajstić information content (AvgIpc) is 3.17. The minimum atomic E-state index is -0.516. The van der Waals surface area contributed by atoms with Crippen LogP contribution in [0.5, 0.6) is 5.75 Å². The number of amides is 2. The molecule has 0 radical (unpaired) electrons. The molecule has 0 bridgehead atoms. The molecular formula is C23H32N2O7. The molecule has 3 N–H and O–H groups in total. The number of ether oxygens (including phenoxy) is 4. The Hall–Kier alpha value is -2.20. The number of carbonyl (C=O) groups is 2. The number of anilines is 1.